The monoisotopic (exact) mass is 626 g/mol. The van der Waals surface area contributed by atoms with Gasteiger partial charge in [-0.15, -0.1) is 0 Å². The summed E-state index contributed by atoms with van der Waals surface area (Å²) in [5, 5.41) is 8.97. The van der Waals surface area contributed by atoms with Gasteiger partial charge < -0.3 is 9.84 Å². The molecule has 1 aromatic rings. The maximum absolute atomic E-state index is 12.3. The first-order chi connectivity index (χ1) is 9.88. The molecule has 0 bridgehead atoms. The highest BCUT2D eigenvalue weighted by Crippen LogP contribution is 2.28. The minimum Gasteiger partial charge on any atom is -0.481 e. The average molecular weight is 626 g/mol. The van der Waals surface area contributed by atoms with Crippen LogP contribution < -0.4 is 0 Å². The third-order valence-corrected chi connectivity index (χ3v) is 7.18. The molecule has 1 aromatic carbocycles. The first-order valence-corrected chi connectivity index (χ1v) is 9.70. The Bertz CT molecular complexity index is 566. The molecule has 1 aliphatic carbocycles. The highest BCUT2D eigenvalue weighted by atomic mass is 127. The molecule has 21 heavy (non-hydrogen) atoms. The Balaban J connectivity index is 2.01. The topological polar surface area (TPSA) is 63.6 Å². The number of carboxylic acid groups (broad SMARTS) is 1. The Hall–Kier alpha value is 0.350. The highest BCUT2D eigenvalue weighted by molar-refractivity contribution is 14.1. The van der Waals surface area contributed by atoms with Crippen molar-refractivity contribution in [3.05, 3.63) is 28.4 Å². The minimum atomic E-state index is -0.749. The average Bonchev–Trinajstić information content (AvgIpc) is 2.43. The molecule has 7 heteroatoms. The van der Waals surface area contributed by atoms with E-state index in [0.717, 1.165) is 10.7 Å². The van der Waals surface area contributed by atoms with Crippen LogP contribution in [0.3, 0.4) is 0 Å². The van der Waals surface area contributed by atoms with E-state index >= 15 is 0 Å². The molecule has 1 saturated carbocycles. The summed E-state index contributed by atoms with van der Waals surface area (Å²) < 4.78 is 8.48. The van der Waals surface area contributed by atoms with Crippen molar-refractivity contribution in [2.75, 3.05) is 0 Å². The SMILES string of the molecule is O=C(OC1CCC(C(=O)O)CC1)c1cc(I)cc(I)c1I. The van der Waals surface area contributed by atoms with E-state index in [0.29, 0.717) is 31.2 Å². The molecule has 0 radical (unpaired) electrons. The Labute approximate surface area is 163 Å². The zero-order valence-electron chi connectivity index (χ0n) is 10.9. The normalized spacial score (nSPS) is 21.9. The number of hydrogen-bond donors (Lipinski definition) is 1. The zero-order chi connectivity index (χ0) is 15.6. The van der Waals surface area contributed by atoms with E-state index < -0.39 is 5.97 Å². The molecule has 0 heterocycles. The largest absolute Gasteiger partial charge is 0.481 e. The third kappa shape index (κ3) is 4.66. The van der Waals surface area contributed by atoms with Crippen LogP contribution >= 0.6 is 67.8 Å². The van der Waals surface area contributed by atoms with Crippen LogP contribution in [-0.2, 0) is 9.53 Å². The smallest absolute Gasteiger partial charge is 0.339 e. The fraction of sp³-hybridized carbons (Fsp3) is 0.429. The lowest BCUT2D eigenvalue weighted by Crippen LogP contribution is -2.28. The standard InChI is InChI=1S/C14H13I3O4/c15-8-5-10(12(17)11(16)6-8)14(20)21-9-3-1-7(2-4-9)13(18)19/h5-7,9H,1-4H2,(H,18,19). The van der Waals surface area contributed by atoms with Gasteiger partial charge in [0.1, 0.15) is 6.10 Å². The number of esters is 1. The number of aliphatic carboxylic acids is 1. The number of carbonyl (C=O) groups is 2. The molecule has 0 unspecified atom stereocenters. The van der Waals surface area contributed by atoms with E-state index in [1.165, 1.54) is 0 Å². The van der Waals surface area contributed by atoms with Gasteiger partial charge in [-0.2, -0.15) is 0 Å². The molecule has 0 amide bonds. The Morgan fingerprint density at radius 2 is 1.71 bits per heavy atom. The van der Waals surface area contributed by atoms with Crippen molar-refractivity contribution in [2.24, 2.45) is 5.92 Å². The van der Waals surface area contributed by atoms with Crippen LogP contribution in [0.1, 0.15) is 36.0 Å². The number of halogens is 3. The molecule has 0 aromatic heterocycles. The zero-order valence-corrected chi connectivity index (χ0v) is 17.4. The van der Waals surface area contributed by atoms with E-state index in [1.807, 2.05) is 12.1 Å². The molecular weight excluding hydrogens is 613 g/mol. The molecule has 0 aliphatic heterocycles. The van der Waals surface area contributed by atoms with Crippen molar-refractivity contribution in [2.45, 2.75) is 31.8 Å². The molecule has 0 spiro atoms. The van der Waals surface area contributed by atoms with E-state index in [1.54, 1.807) is 0 Å². The van der Waals surface area contributed by atoms with Gasteiger partial charge in [-0.25, -0.2) is 4.79 Å². The molecular formula is C14H13I3O4. The van der Waals surface area contributed by atoms with Crippen molar-refractivity contribution in [3.63, 3.8) is 0 Å². The lowest BCUT2D eigenvalue weighted by molar-refractivity contribution is -0.143. The molecule has 1 aliphatic rings. The second kappa shape index (κ2) is 7.75. The summed E-state index contributed by atoms with van der Waals surface area (Å²) in [5.74, 6) is -1.35. The summed E-state index contributed by atoms with van der Waals surface area (Å²) in [5.41, 5.74) is 0.590. The molecule has 2 rings (SSSR count). The van der Waals surface area contributed by atoms with Gasteiger partial charge in [-0.3, -0.25) is 4.79 Å². The van der Waals surface area contributed by atoms with E-state index in [9.17, 15) is 9.59 Å². The number of benzene rings is 1. The van der Waals surface area contributed by atoms with Gasteiger partial charge in [-0.05, 0) is 106 Å². The van der Waals surface area contributed by atoms with E-state index in [2.05, 4.69) is 67.8 Å². The first-order valence-electron chi connectivity index (χ1n) is 6.46. The quantitative estimate of drug-likeness (QED) is 0.309. The minimum absolute atomic E-state index is 0.167. The van der Waals surface area contributed by atoms with Crippen LogP contribution in [0.2, 0.25) is 0 Å². The van der Waals surface area contributed by atoms with Gasteiger partial charge in [0.15, 0.2) is 0 Å². The molecule has 1 fully saturated rings. The van der Waals surface area contributed by atoms with E-state index in [4.69, 9.17) is 9.84 Å². The predicted molar refractivity (Wildman–Crippen MR) is 103 cm³/mol. The molecule has 1 N–H and O–H groups in total. The second-order valence-corrected chi connectivity index (χ2v) is 8.45. The van der Waals surface area contributed by atoms with Crippen LogP contribution in [0.15, 0.2) is 12.1 Å². The van der Waals surface area contributed by atoms with Crippen LogP contribution in [-0.4, -0.2) is 23.1 Å². The fourth-order valence-electron chi connectivity index (χ4n) is 2.35. The maximum Gasteiger partial charge on any atom is 0.339 e. The molecule has 114 valence electrons. The Kier molecular flexibility index (Phi) is 6.53. The second-order valence-electron chi connectivity index (χ2n) is 4.97. The van der Waals surface area contributed by atoms with Gasteiger partial charge in [0.2, 0.25) is 0 Å². The predicted octanol–water partition coefficient (Wildman–Crippen LogP) is 4.30. The fourth-order valence-corrected chi connectivity index (χ4v) is 4.72. The van der Waals surface area contributed by atoms with Crippen molar-refractivity contribution >= 4 is 79.7 Å². The van der Waals surface area contributed by atoms with Crippen molar-refractivity contribution < 1.29 is 19.4 Å². The lowest BCUT2D eigenvalue weighted by atomic mass is 9.87. The summed E-state index contributed by atoms with van der Waals surface area (Å²) in [4.78, 5) is 23.2. The first kappa shape index (κ1) is 17.7. The maximum atomic E-state index is 12.3. The summed E-state index contributed by atoms with van der Waals surface area (Å²) in [6, 6.07) is 3.84. The van der Waals surface area contributed by atoms with Crippen LogP contribution in [0.4, 0.5) is 0 Å². The summed E-state index contributed by atoms with van der Waals surface area (Å²) in [6.45, 7) is 0. The van der Waals surface area contributed by atoms with Gasteiger partial charge in [0, 0.05) is 10.7 Å². The number of rotatable bonds is 3. The Morgan fingerprint density at radius 1 is 1.10 bits per heavy atom. The summed E-state index contributed by atoms with van der Waals surface area (Å²) in [7, 11) is 0. The number of carboxylic acids is 1. The van der Waals surface area contributed by atoms with Gasteiger partial charge >= 0.3 is 11.9 Å². The van der Waals surface area contributed by atoms with Crippen LogP contribution in [0.25, 0.3) is 0 Å². The summed E-state index contributed by atoms with van der Waals surface area (Å²) >= 11 is 6.54. The molecule has 0 saturated heterocycles. The number of carbonyl (C=O) groups excluding carboxylic acids is 1. The highest BCUT2D eigenvalue weighted by Gasteiger charge is 2.28. The van der Waals surface area contributed by atoms with Crippen molar-refractivity contribution in [1.29, 1.82) is 0 Å². The van der Waals surface area contributed by atoms with Crippen LogP contribution in [0, 0.1) is 16.6 Å². The van der Waals surface area contributed by atoms with Gasteiger partial charge in [-0.1, -0.05) is 0 Å². The van der Waals surface area contributed by atoms with E-state index in [-0.39, 0.29) is 18.0 Å². The van der Waals surface area contributed by atoms with Crippen molar-refractivity contribution in [3.8, 4) is 0 Å². The lowest BCUT2D eigenvalue weighted by Gasteiger charge is -2.26. The molecule has 0 atom stereocenters. The summed E-state index contributed by atoms with van der Waals surface area (Å²) in [6.07, 6.45) is 2.24. The van der Waals surface area contributed by atoms with Crippen LogP contribution in [0.5, 0.6) is 0 Å². The number of ether oxygens (including phenoxy) is 1. The molecule has 4 nitrogen and oxygen atoms in total. The van der Waals surface area contributed by atoms with Gasteiger partial charge in [0.25, 0.3) is 0 Å². The van der Waals surface area contributed by atoms with Gasteiger partial charge in [0.05, 0.1) is 11.5 Å². The third-order valence-electron chi connectivity index (χ3n) is 3.51. The Morgan fingerprint density at radius 3 is 2.29 bits per heavy atom. The number of hydrogen-bond acceptors (Lipinski definition) is 3. The van der Waals surface area contributed by atoms with Crippen molar-refractivity contribution in [1.82, 2.24) is 0 Å².